The van der Waals surface area contributed by atoms with Crippen molar-refractivity contribution in [1.82, 2.24) is 10.3 Å². The molecule has 0 radical (unpaired) electrons. The molecular weight excluding hydrogens is 356 g/mol. The summed E-state index contributed by atoms with van der Waals surface area (Å²) in [7, 11) is 1.38. The quantitative estimate of drug-likeness (QED) is 0.831. The molecule has 0 spiro atoms. The Balaban J connectivity index is 1.70. The Bertz CT molecular complexity index is 868. The minimum Gasteiger partial charge on any atom is -0.452 e. The highest BCUT2D eigenvalue weighted by Crippen LogP contribution is 2.30. The van der Waals surface area contributed by atoms with Crippen LogP contribution in [0.3, 0.4) is 0 Å². The minimum atomic E-state index is -0.365. The van der Waals surface area contributed by atoms with E-state index in [1.54, 1.807) is 17.2 Å². The van der Waals surface area contributed by atoms with E-state index in [0.717, 1.165) is 41.8 Å². The van der Waals surface area contributed by atoms with E-state index in [-0.39, 0.29) is 18.2 Å². The molecule has 1 aromatic heterocycles. The third-order valence-electron chi connectivity index (χ3n) is 4.86. The first-order valence-corrected chi connectivity index (χ1v) is 9.50. The number of nitrogens with zero attached hydrogens (tertiary/aromatic N) is 2. The number of hydrogen-bond donors (Lipinski definition) is 2. The third kappa shape index (κ3) is 4.42. The van der Waals surface area contributed by atoms with Crippen LogP contribution in [0.1, 0.15) is 42.6 Å². The lowest BCUT2D eigenvalue weighted by atomic mass is 10.0. The average Bonchev–Trinajstić information content (AvgIpc) is 2.70. The van der Waals surface area contributed by atoms with E-state index < -0.39 is 0 Å². The molecule has 0 fully saturated rings. The monoisotopic (exact) mass is 382 g/mol. The summed E-state index contributed by atoms with van der Waals surface area (Å²) in [6.07, 6.45) is 3.83. The second-order valence-electron chi connectivity index (χ2n) is 6.89. The Morgan fingerprint density at radius 1 is 1.29 bits per heavy atom. The predicted molar refractivity (Wildman–Crippen MR) is 109 cm³/mol. The largest absolute Gasteiger partial charge is 0.452 e. The number of amides is 3. The lowest BCUT2D eigenvalue weighted by Gasteiger charge is -2.28. The molecule has 1 aliphatic heterocycles. The van der Waals surface area contributed by atoms with Gasteiger partial charge in [0.25, 0.3) is 0 Å². The number of urea groups is 1. The normalized spacial score (nSPS) is 14.0. The van der Waals surface area contributed by atoms with Gasteiger partial charge in [-0.2, -0.15) is 0 Å². The van der Waals surface area contributed by atoms with Crippen LogP contribution in [0.15, 0.2) is 36.5 Å². The fourth-order valence-electron chi connectivity index (χ4n) is 3.44. The van der Waals surface area contributed by atoms with Gasteiger partial charge in [-0.3, -0.25) is 9.88 Å². The second kappa shape index (κ2) is 8.73. The smallest absolute Gasteiger partial charge is 0.414 e. The number of methoxy groups -OCH3 is 1. The molecule has 3 amide bonds. The first kappa shape index (κ1) is 19.7. The summed E-state index contributed by atoms with van der Waals surface area (Å²) in [6, 6.07) is 9.03. The number of aromatic nitrogens is 1. The molecule has 7 nitrogen and oxygen atoms in total. The molecular formula is C21H26N4O3. The van der Waals surface area contributed by atoms with Crippen LogP contribution in [0.2, 0.25) is 0 Å². The van der Waals surface area contributed by atoms with Gasteiger partial charge in [0.2, 0.25) is 0 Å². The van der Waals surface area contributed by atoms with Crippen LogP contribution in [0.4, 0.5) is 21.0 Å². The van der Waals surface area contributed by atoms with Crippen molar-refractivity contribution >= 4 is 23.5 Å². The van der Waals surface area contributed by atoms with Crippen LogP contribution in [-0.2, 0) is 11.2 Å². The number of fused-ring (bicyclic) bond motifs is 1. The van der Waals surface area contributed by atoms with E-state index in [1.807, 2.05) is 38.1 Å². The van der Waals surface area contributed by atoms with Crippen molar-refractivity contribution in [3.05, 3.63) is 53.3 Å². The lowest BCUT2D eigenvalue weighted by Crippen LogP contribution is -2.35. The molecule has 148 valence electrons. The number of anilines is 2. The van der Waals surface area contributed by atoms with Crippen molar-refractivity contribution in [2.75, 3.05) is 23.9 Å². The molecule has 7 heteroatoms. The molecule has 1 atom stereocenters. The van der Waals surface area contributed by atoms with Crippen molar-refractivity contribution in [2.24, 2.45) is 0 Å². The Hall–Kier alpha value is -3.09. The highest BCUT2D eigenvalue weighted by Gasteiger charge is 2.23. The van der Waals surface area contributed by atoms with E-state index in [9.17, 15) is 9.59 Å². The standard InChI is InChI=1S/C21H26N4O3/c1-4-17(18-12-14(2)9-10-22-18)24-20(26)23-16-7-8-19-15(13-16)6-5-11-25(19)21(27)28-3/h7-10,12-13,17H,4-6,11H2,1-3H3,(H2,23,24,26)/t17-/m1/s1. The topological polar surface area (TPSA) is 83.6 Å². The zero-order valence-corrected chi connectivity index (χ0v) is 16.5. The summed E-state index contributed by atoms with van der Waals surface area (Å²) in [5.74, 6) is 0. The Kier molecular flexibility index (Phi) is 6.13. The number of aryl methyl sites for hydroxylation is 2. The van der Waals surface area contributed by atoms with Crippen LogP contribution in [0.5, 0.6) is 0 Å². The van der Waals surface area contributed by atoms with E-state index in [4.69, 9.17) is 4.74 Å². The van der Waals surface area contributed by atoms with Crippen molar-refractivity contribution in [1.29, 1.82) is 0 Å². The lowest BCUT2D eigenvalue weighted by molar-refractivity contribution is 0.178. The maximum atomic E-state index is 12.5. The van der Waals surface area contributed by atoms with Crippen LogP contribution >= 0.6 is 0 Å². The molecule has 0 saturated heterocycles. The molecule has 1 aliphatic rings. The average molecular weight is 382 g/mol. The highest BCUT2D eigenvalue weighted by atomic mass is 16.5. The number of carbonyl (C=O) groups is 2. The SMILES string of the molecule is CC[C@@H](NC(=O)Nc1ccc2c(c1)CCCN2C(=O)OC)c1cc(C)ccn1. The summed E-state index contributed by atoms with van der Waals surface area (Å²) < 4.78 is 4.85. The zero-order chi connectivity index (χ0) is 20.1. The van der Waals surface area contributed by atoms with Crippen LogP contribution in [0, 0.1) is 6.92 Å². The van der Waals surface area contributed by atoms with Gasteiger partial charge in [-0.25, -0.2) is 9.59 Å². The summed E-state index contributed by atoms with van der Waals surface area (Å²) in [5, 5.41) is 5.86. The molecule has 28 heavy (non-hydrogen) atoms. The summed E-state index contributed by atoms with van der Waals surface area (Å²) in [6.45, 7) is 4.65. The molecule has 0 aliphatic carbocycles. The van der Waals surface area contributed by atoms with Gasteiger partial charge >= 0.3 is 12.1 Å². The number of carbonyl (C=O) groups excluding carboxylic acids is 2. The minimum absolute atomic E-state index is 0.160. The van der Waals surface area contributed by atoms with Crippen LogP contribution in [-0.4, -0.2) is 30.8 Å². The maximum absolute atomic E-state index is 12.5. The van der Waals surface area contributed by atoms with Gasteiger partial charge in [0.05, 0.1) is 24.5 Å². The van der Waals surface area contributed by atoms with Gasteiger partial charge in [-0.1, -0.05) is 6.92 Å². The van der Waals surface area contributed by atoms with E-state index >= 15 is 0 Å². The molecule has 0 bridgehead atoms. The van der Waals surface area contributed by atoms with E-state index in [2.05, 4.69) is 15.6 Å². The number of nitrogens with one attached hydrogen (secondary N) is 2. The van der Waals surface area contributed by atoms with Crippen LogP contribution < -0.4 is 15.5 Å². The molecule has 2 N–H and O–H groups in total. The molecule has 2 aromatic rings. The Morgan fingerprint density at radius 3 is 2.82 bits per heavy atom. The molecule has 0 unspecified atom stereocenters. The van der Waals surface area contributed by atoms with Gasteiger partial charge in [0.1, 0.15) is 0 Å². The van der Waals surface area contributed by atoms with Crippen molar-refractivity contribution in [3.8, 4) is 0 Å². The van der Waals surface area contributed by atoms with Gasteiger partial charge in [-0.15, -0.1) is 0 Å². The number of pyridine rings is 1. The number of ether oxygens (including phenoxy) is 1. The molecule has 1 aromatic carbocycles. The van der Waals surface area contributed by atoms with Crippen molar-refractivity contribution in [3.63, 3.8) is 0 Å². The summed E-state index contributed by atoms with van der Waals surface area (Å²) >= 11 is 0. The van der Waals surface area contributed by atoms with E-state index in [0.29, 0.717) is 12.2 Å². The molecule has 2 heterocycles. The second-order valence-corrected chi connectivity index (χ2v) is 6.89. The van der Waals surface area contributed by atoms with Crippen molar-refractivity contribution in [2.45, 2.75) is 39.2 Å². The maximum Gasteiger partial charge on any atom is 0.414 e. The first-order valence-electron chi connectivity index (χ1n) is 9.50. The number of rotatable bonds is 4. The number of benzene rings is 1. The first-order chi connectivity index (χ1) is 13.5. The summed E-state index contributed by atoms with van der Waals surface area (Å²) in [5.41, 5.74) is 4.49. The zero-order valence-electron chi connectivity index (χ0n) is 16.5. The van der Waals surface area contributed by atoms with Gasteiger partial charge in [0.15, 0.2) is 0 Å². The Morgan fingerprint density at radius 2 is 2.11 bits per heavy atom. The predicted octanol–water partition coefficient (Wildman–Crippen LogP) is 4.18. The fraction of sp³-hybridized carbons (Fsp3) is 0.381. The highest BCUT2D eigenvalue weighted by molar-refractivity contribution is 5.92. The number of hydrogen-bond acceptors (Lipinski definition) is 4. The molecule has 0 saturated carbocycles. The molecule has 3 rings (SSSR count). The van der Waals surface area contributed by atoms with Crippen LogP contribution in [0.25, 0.3) is 0 Å². The third-order valence-corrected chi connectivity index (χ3v) is 4.86. The fourth-order valence-corrected chi connectivity index (χ4v) is 3.44. The van der Waals surface area contributed by atoms with Gasteiger partial charge in [0, 0.05) is 18.4 Å². The summed E-state index contributed by atoms with van der Waals surface area (Å²) in [4.78, 5) is 30.4. The van der Waals surface area contributed by atoms with Crippen molar-refractivity contribution < 1.29 is 14.3 Å². The van der Waals surface area contributed by atoms with Gasteiger partial charge < -0.3 is 15.4 Å². The van der Waals surface area contributed by atoms with E-state index in [1.165, 1.54) is 7.11 Å². The Labute approximate surface area is 165 Å². The van der Waals surface area contributed by atoms with Gasteiger partial charge in [-0.05, 0) is 67.6 Å².